The second-order valence-corrected chi connectivity index (χ2v) is 6.58. The average Bonchev–Trinajstić information content (AvgIpc) is 3.08. The van der Waals surface area contributed by atoms with E-state index >= 15 is 0 Å². The minimum atomic E-state index is -0.992. The molecule has 6 nitrogen and oxygen atoms in total. The molecule has 134 valence electrons. The molecule has 2 aromatic carbocycles. The molecule has 0 fully saturated rings. The van der Waals surface area contributed by atoms with Gasteiger partial charge in [0.25, 0.3) is 5.69 Å². The Morgan fingerprint density at radius 2 is 1.88 bits per heavy atom. The number of hydrogen-bond acceptors (Lipinski definition) is 5. The number of benzene rings is 2. The van der Waals surface area contributed by atoms with Crippen LogP contribution in [-0.2, 0) is 17.6 Å². The van der Waals surface area contributed by atoms with Crippen molar-refractivity contribution in [3.05, 3.63) is 73.8 Å². The molecule has 0 bridgehead atoms. The van der Waals surface area contributed by atoms with E-state index in [1.54, 1.807) is 6.07 Å². The first kappa shape index (κ1) is 18.1. The number of fused-ring (bicyclic) bond motifs is 1. The van der Waals surface area contributed by atoms with Crippen LogP contribution in [0, 0.1) is 10.1 Å². The molecule has 1 atom stereocenters. The van der Waals surface area contributed by atoms with E-state index in [1.807, 2.05) is 12.1 Å². The number of ketones is 1. The summed E-state index contributed by atoms with van der Waals surface area (Å²) in [6.45, 7) is 1.49. The summed E-state index contributed by atoms with van der Waals surface area (Å²) >= 11 is 5.92. The minimum Gasteiger partial charge on any atom is -0.451 e. The van der Waals surface area contributed by atoms with Crippen molar-refractivity contribution in [1.29, 1.82) is 0 Å². The van der Waals surface area contributed by atoms with Crippen LogP contribution in [0.5, 0.6) is 0 Å². The van der Waals surface area contributed by atoms with E-state index in [0.717, 1.165) is 37.0 Å². The summed E-state index contributed by atoms with van der Waals surface area (Å²) in [5.41, 5.74) is 2.66. The molecule has 7 heteroatoms. The summed E-state index contributed by atoms with van der Waals surface area (Å²) < 4.78 is 5.21. The number of aryl methyl sites for hydroxylation is 2. The molecule has 0 amide bonds. The van der Waals surface area contributed by atoms with Crippen molar-refractivity contribution in [2.24, 2.45) is 0 Å². The van der Waals surface area contributed by atoms with Crippen molar-refractivity contribution in [2.75, 3.05) is 0 Å². The fraction of sp³-hybridized carbons (Fsp3) is 0.263. The number of ether oxygens (including phenoxy) is 1. The predicted molar refractivity (Wildman–Crippen MR) is 95.8 cm³/mol. The number of hydrogen-bond donors (Lipinski definition) is 0. The van der Waals surface area contributed by atoms with Gasteiger partial charge in [-0.05, 0) is 49.4 Å². The van der Waals surface area contributed by atoms with Gasteiger partial charge in [0.2, 0.25) is 5.78 Å². The lowest BCUT2D eigenvalue weighted by Crippen LogP contribution is -2.24. The van der Waals surface area contributed by atoms with Gasteiger partial charge in [-0.2, -0.15) is 0 Å². The molecular formula is C19H16ClNO5. The van der Waals surface area contributed by atoms with E-state index in [4.69, 9.17) is 16.3 Å². The Bertz CT molecular complexity index is 909. The highest BCUT2D eigenvalue weighted by Gasteiger charge is 2.24. The van der Waals surface area contributed by atoms with E-state index in [-0.39, 0.29) is 22.1 Å². The van der Waals surface area contributed by atoms with E-state index in [9.17, 15) is 19.7 Å². The molecular weight excluding hydrogens is 358 g/mol. The van der Waals surface area contributed by atoms with Crippen LogP contribution in [0.15, 0.2) is 36.4 Å². The predicted octanol–water partition coefficient (Wildman–Crippen LogP) is 4.17. The van der Waals surface area contributed by atoms with Crippen LogP contribution in [-0.4, -0.2) is 22.8 Å². The quantitative estimate of drug-likeness (QED) is 0.340. The topological polar surface area (TPSA) is 86.5 Å². The molecule has 0 aromatic heterocycles. The number of nitrogens with zero attached hydrogens (tertiary/aromatic N) is 1. The number of esters is 1. The Labute approximate surface area is 154 Å². The standard InChI is InChI=1S/C19H16ClNO5/c1-11(18(22)14-6-5-12-3-2-4-13(12)9-14)26-19(23)16-8-7-15(21(24)25)10-17(16)20/h5-11H,2-4H2,1H3/t11-/m0/s1. The zero-order valence-electron chi connectivity index (χ0n) is 14.0. The molecule has 0 spiro atoms. The highest BCUT2D eigenvalue weighted by atomic mass is 35.5. The molecule has 0 heterocycles. The zero-order chi connectivity index (χ0) is 18.8. The van der Waals surface area contributed by atoms with Gasteiger partial charge in [-0.1, -0.05) is 23.7 Å². The molecule has 0 aliphatic heterocycles. The summed E-state index contributed by atoms with van der Waals surface area (Å²) in [4.78, 5) is 34.9. The summed E-state index contributed by atoms with van der Waals surface area (Å²) in [5, 5.41) is 10.6. The van der Waals surface area contributed by atoms with E-state index in [2.05, 4.69) is 0 Å². The normalized spacial score (nSPS) is 13.8. The number of rotatable bonds is 5. The number of halogens is 1. The monoisotopic (exact) mass is 373 g/mol. The molecule has 26 heavy (non-hydrogen) atoms. The first-order chi connectivity index (χ1) is 12.4. The Kier molecular flexibility index (Phi) is 5.04. The highest BCUT2D eigenvalue weighted by Crippen LogP contribution is 2.25. The maximum absolute atomic E-state index is 12.5. The SMILES string of the molecule is C[C@H](OC(=O)c1ccc([N+](=O)[O-])cc1Cl)C(=O)c1ccc2c(c1)CCC2. The molecule has 0 saturated carbocycles. The summed E-state index contributed by atoms with van der Waals surface area (Å²) in [6.07, 6.45) is 2.06. The van der Waals surface area contributed by atoms with Gasteiger partial charge in [-0.3, -0.25) is 14.9 Å². The average molecular weight is 374 g/mol. The number of non-ortho nitro benzene ring substituents is 1. The summed E-state index contributed by atoms with van der Waals surface area (Å²) in [6, 6.07) is 9.00. The third kappa shape index (κ3) is 3.60. The summed E-state index contributed by atoms with van der Waals surface area (Å²) in [5.74, 6) is -1.10. The molecule has 0 saturated heterocycles. The Balaban J connectivity index is 1.73. The van der Waals surface area contributed by atoms with Crippen molar-refractivity contribution >= 4 is 29.0 Å². The molecule has 0 radical (unpaired) electrons. The van der Waals surface area contributed by atoms with Crippen LogP contribution in [0.1, 0.15) is 45.2 Å². The van der Waals surface area contributed by atoms with Crippen LogP contribution >= 0.6 is 11.6 Å². The van der Waals surface area contributed by atoms with Crippen molar-refractivity contribution in [1.82, 2.24) is 0 Å². The van der Waals surface area contributed by atoms with Gasteiger partial charge in [0.05, 0.1) is 15.5 Å². The first-order valence-electron chi connectivity index (χ1n) is 8.18. The van der Waals surface area contributed by atoms with Crippen molar-refractivity contribution < 1.29 is 19.2 Å². The molecule has 0 unspecified atom stereocenters. The molecule has 3 rings (SSSR count). The molecule has 1 aliphatic rings. The third-order valence-corrected chi connectivity index (χ3v) is 4.73. The van der Waals surface area contributed by atoms with E-state index in [0.29, 0.717) is 5.56 Å². The van der Waals surface area contributed by atoms with Crippen LogP contribution in [0.4, 0.5) is 5.69 Å². The van der Waals surface area contributed by atoms with Crippen molar-refractivity contribution in [3.63, 3.8) is 0 Å². The Morgan fingerprint density at radius 3 is 2.58 bits per heavy atom. The maximum atomic E-state index is 12.5. The zero-order valence-corrected chi connectivity index (χ0v) is 14.8. The Hall–Kier alpha value is -2.73. The van der Waals surface area contributed by atoms with Crippen molar-refractivity contribution in [2.45, 2.75) is 32.3 Å². The van der Waals surface area contributed by atoms with Gasteiger partial charge in [-0.25, -0.2) is 4.79 Å². The lowest BCUT2D eigenvalue weighted by atomic mass is 10.0. The largest absolute Gasteiger partial charge is 0.451 e. The van der Waals surface area contributed by atoms with Crippen LogP contribution in [0.2, 0.25) is 5.02 Å². The number of carbonyl (C=O) groups excluding carboxylic acids is 2. The number of Topliss-reactive ketones (excluding diaryl/α,β-unsaturated/α-hetero) is 1. The second kappa shape index (κ2) is 7.25. The van der Waals surface area contributed by atoms with Gasteiger partial charge in [-0.15, -0.1) is 0 Å². The van der Waals surface area contributed by atoms with Gasteiger partial charge in [0, 0.05) is 17.7 Å². The van der Waals surface area contributed by atoms with Gasteiger partial charge in [0.1, 0.15) is 0 Å². The number of carbonyl (C=O) groups is 2. The minimum absolute atomic E-state index is 0.0223. The van der Waals surface area contributed by atoms with Crippen LogP contribution in [0.25, 0.3) is 0 Å². The summed E-state index contributed by atoms with van der Waals surface area (Å²) in [7, 11) is 0. The molecule has 0 N–H and O–H groups in total. The van der Waals surface area contributed by atoms with Gasteiger partial charge < -0.3 is 4.74 Å². The molecule has 1 aliphatic carbocycles. The van der Waals surface area contributed by atoms with E-state index in [1.165, 1.54) is 18.6 Å². The smallest absolute Gasteiger partial charge is 0.340 e. The number of nitro benzene ring substituents is 1. The fourth-order valence-electron chi connectivity index (χ4n) is 3.02. The highest BCUT2D eigenvalue weighted by molar-refractivity contribution is 6.33. The van der Waals surface area contributed by atoms with Gasteiger partial charge in [0.15, 0.2) is 6.10 Å². The third-order valence-electron chi connectivity index (χ3n) is 4.42. The maximum Gasteiger partial charge on any atom is 0.340 e. The fourth-order valence-corrected chi connectivity index (χ4v) is 3.27. The molecule has 2 aromatic rings. The van der Waals surface area contributed by atoms with Gasteiger partial charge >= 0.3 is 5.97 Å². The van der Waals surface area contributed by atoms with Crippen LogP contribution in [0.3, 0.4) is 0 Å². The van der Waals surface area contributed by atoms with Crippen molar-refractivity contribution in [3.8, 4) is 0 Å². The van der Waals surface area contributed by atoms with E-state index < -0.39 is 17.0 Å². The van der Waals surface area contributed by atoms with Crippen LogP contribution < -0.4 is 0 Å². The Morgan fingerprint density at radius 1 is 1.15 bits per heavy atom. The second-order valence-electron chi connectivity index (χ2n) is 6.17. The number of nitro groups is 1. The lowest BCUT2D eigenvalue weighted by molar-refractivity contribution is -0.384. The first-order valence-corrected chi connectivity index (χ1v) is 8.55. The lowest BCUT2D eigenvalue weighted by Gasteiger charge is -2.13.